The van der Waals surface area contributed by atoms with Crippen molar-refractivity contribution in [1.82, 2.24) is 35.0 Å². The standard InChI is InChI=1S/C41H47Cl2FN8O4/c1-26(53)51-17-11-29(12-18-51)47-21-27-9-15-46-39(37(27)44)48-33-6-4-5-31(35(33)42)38-36(43)30(10-16-45-38)32-8-7-28(40(49-32)56-3)22-50-19-13-41(24-50)14-20-52(25-41)34(54)23-55-2/h4-10,15-16,29,47H,11-14,17-25H2,1-3H3,(H,46,48)/t41-/m1/s1. The molecule has 3 saturated heterocycles. The number of rotatable bonds is 12. The number of nitrogens with one attached hydrogen (secondary N) is 2. The molecule has 0 saturated carbocycles. The van der Waals surface area contributed by atoms with E-state index in [2.05, 4.69) is 25.5 Å². The highest BCUT2D eigenvalue weighted by Crippen LogP contribution is 2.42. The summed E-state index contributed by atoms with van der Waals surface area (Å²) in [6, 6.07) is 12.9. The number of anilines is 2. The molecule has 4 aromatic rings. The van der Waals surface area contributed by atoms with Gasteiger partial charge in [0.05, 0.1) is 34.2 Å². The van der Waals surface area contributed by atoms with Crippen LogP contribution in [0.5, 0.6) is 5.88 Å². The zero-order valence-electron chi connectivity index (χ0n) is 31.9. The van der Waals surface area contributed by atoms with Crippen LogP contribution in [0.25, 0.3) is 22.5 Å². The van der Waals surface area contributed by atoms with E-state index in [1.807, 2.05) is 28.0 Å². The third kappa shape index (κ3) is 8.62. The number of halogens is 3. The molecule has 296 valence electrons. The first-order valence-electron chi connectivity index (χ1n) is 18.9. The van der Waals surface area contributed by atoms with Crippen molar-refractivity contribution < 1.29 is 23.5 Å². The Balaban J connectivity index is 1.04. The molecule has 0 aliphatic carbocycles. The molecule has 3 aliphatic rings. The maximum Gasteiger partial charge on any atom is 0.248 e. The average Bonchev–Trinajstić information content (AvgIpc) is 3.81. The largest absolute Gasteiger partial charge is 0.481 e. The number of hydrogen-bond donors (Lipinski definition) is 2. The first-order valence-corrected chi connectivity index (χ1v) is 19.7. The fourth-order valence-corrected chi connectivity index (χ4v) is 8.72. The highest BCUT2D eigenvalue weighted by atomic mass is 35.5. The molecular formula is C41H47Cl2FN8O4. The van der Waals surface area contributed by atoms with E-state index in [9.17, 15) is 9.59 Å². The number of amides is 2. The number of nitrogens with zero attached hydrogens (tertiary/aromatic N) is 6. The molecule has 7 rings (SSSR count). The van der Waals surface area contributed by atoms with Crippen molar-refractivity contribution in [3.63, 3.8) is 0 Å². The molecule has 1 atom stereocenters. The number of carbonyl (C=O) groups excluding carboxylic acids is 2. The van der Waals surface area contributed by atoms with Gasteiger partial charge in [-0.15, -0.1) is 0 Å². The third-order valence-electron chi connectivity index (χ3n) is 11.3. The molecule has 2 N–H and O–H groups in total. The number of methoxy groups -OCH3 is 2. The van der Waals surface area contributed by atoms with E-state index < -0.39 is 5.82 Å². The van der Waals surface area contributed by atoms with Gasteiger partial charge >= 0.3 is 0 Å². The summed E-state index contributed by atoms with van der Waals surface area (Å²) in [6.45, 7) is 7.43. The number of ether oxygens (including phenoxy) is 2. The first kappa shape index (κ1) is 39.8. The van der Waals surface area contributed by atoms with E-state index >= 15 is 4.39 Å². The van der Waals surface area contributed by atoms with Crippen molar-refractivity contribution in [2.45, 2.75) is 51.7 Å². The van der Waals surface area contributed by atoms with Crippen LogP contribution in [0.4, 0.5) is 15.9 Å². The Morgan fingerprint density at radius 1 is 0.911 bits per heavy atom. The minimum absolute atomic E-state index is 0.0467. The van der Waals surface area contributed by atoms with Crippen LogP contribution in [0.3, 0.4) is 0 Å². The van der Waals surface area contributed by atoms with Crippen LogP contribution in [-0.4, -0.2) is 108 Å². The summed E-state index contributed by atoms with van der Waals surface area (Å²) in [5.74, 6) is 0.205. The lowest BCUT2D eigenvalue weighted by Crippen LogP contribution is -2.44. The lowest BCUT2D eigenvalue weighted by Gasteiger charge is -2.31. The van der Waals surface area contributed by atoms with Crippen molar-refractivity contribution in [1.29, 1.82) is 0 Å². The number of carbonyl (C=O) groups is 2. The smallest absolute Gasteiger partial charge is 0.248 e. The van der Waals surface area contributed by atoms with Crippen molar-refractivity contribution in [2.75, 3.05) is 65.4 Å². The molecular weight excluding hydrogens is 758 g/mol. The molecule has 0 radical (unpaired) electrons. The lowest BCUT2D eigenvalue weighted by molar-refractivity contribution is -0.134. The second kappa shape index (κ2) is 17.4. The van der Waals surface area contributed by atoms with Crippen LogP contribution in [0, 0.1) is 11.2 Å². The zero-order chi connectivity index (χ0) is 39.4. The van der Waals surface area contributed by atoms with Crippen molar-refractivity contribution in [3.8, 4) is 28.4 Å². The van der Waals surface area contributed by atoms with Crippen LogP contribution in [0.2, 0.25) is 10.0 Å². The highest BCUT2D eigenvalue weighted by Gasteiger charge is 2.44. The molecule has 0 bridgehead atoms. The van der Waals surface area contributed by atoms with Crippen LogP contribution in [0.15, 0.2) is 54.9 Å². The number of piperidine rings is 1. The van der Waals surface area contributed by atoms with Gasteiger partial charge in [-0.2, -0.15) is 0 Å². The second-order valence-corrected chi connectivity index (χ2v) is 15.7. The fourth-order valence-electron chi connectivity index (χ4n) is 8.14. The Morgan fingerprint density at radius 3 is 2.46 bits per heavy atom. The summed E-state index contributed by atoms with van der Waals surface area (Å²) < 4.78 is 26.6. The second-order valence-electron chi connectivity index (χ2n) is 14.9. The summed E-state index contributed by atoms with van der Waals surface area (Å²) in [6.07, 6.45) is 6.86. The average molecular weight is 806 g/mol. The van der Waals surface area contributed by atoms with Gasteiger partial charge in [-0.25, -0.2) is 14.4 Å². The summed E-state index contributed by atoms with van der Waals surface area (Å²) in [5.41, 5.74) is 4.25. The van der Waals surface area contributed by atoms with Gasteiger partial charge in [0, 0.05) is 106 Å². The quantitative estimate of drug-likeness (QED) is 0.163. The molecule has 1 aromatic carbocycles. The van der Waals surface area contributed by atoms with Gasteiger partial charge in [0.15, 0.2) is 11.6 Å². The molecule has 3 aromatic heterocycles. The van der Waals surface area contributed by atoms with E-state index in [4.69, 9.17) is 37.7 Å². The molecule has 3 fully saturated rings. The first-order chi connectivity index (χ1) is 27.1. The number of aromatic nitrogens is 3. The summed E-state index contributed by atoms with van der Waals surface area (Å²) in [5, 5.41) is 7.16. The number of pyridine rings is 3. The zero-order valence-corrected chi connectivity index (χ0v) is 33.4. The van der Waals surface area contributed by atoms with Gasteiger partial charge in [0.25, 0.3) is 0 Å². The molecule has 1 spiro atoms. The topological polar surface area (TPSA) is 125 Å². The predicted octanol–water partition coefficient (Wildman–Crippen LogP) is 6.58. The van der Waals surface area contributed by atoms with Crippen LogP contribution < -0.4 is 15.4 Å². The summed E-state index contributed by atoms with van der Waals surface area (Å²) >= 11 is 14.0. The Labute approximate surface area is 336 Å². The minimum Gasteiger partial charge on any atom is -0.481 e. The van der Waals surface area contributed by atoms with E-state index in [-0.39, 0.29) is 35.7 Å². The Morgan fingerprint density at radius 2 is 1.70 bits per heavy atom. The third-order valence-corrected chi connectivity index (χ3v) is 12.1. The van der Waals surface area contributed by atoms with Gasteiger partial charge in [-0.05, 0) is 56.5 Å². The number of benzene rings is 1. The van der Waals surface area contributed by atoms with Gasteiger partial charge < -0.3 is 29.9 Å². The molecule has 3 aliphatic heterocycles. The highest BCUT2D eigenvalue weighted by molar-refractivity contribution is 6.39. The predicted molar refractivity (Wildman–Crippen MR) is 214 cm³/mol. The maximum absolute atomic E-state index is 15.7. The van der Waals surface area contributed by atoms with E-state index in [1.165, 1.54) is 0 Å². The molecule has 15 heteroatoms. The van der Waals surface area contributed by atoms with Crippen molar-refractivity contribution in [2.24, 2.45) is 5.41 Å². The SMILES string of the molecule is COCC(=O)N1CC[C@@]2(CCN(Cc3ccc(-c4ccnc(-c5cccc(Nc6nccc(CNC7CCN(C(C)=O)CC7)c6F)c5Cl)c4Cl)nc3OC)C2)C1. The monoisotopic (exact) mass is 804 g/mol. The summed E-state index contributed by atoms with van der Waals surface area (Å²) in [4.78, 5) is 44.0. The Bertz CT molecular complexity index is 2080. The normalized spacial score (nSPS) is 18.9. The van der Waals surface area contributed by atoms with E-state index in [1.54, 1.807) is 57.8 Å². The van der Waals surface area contributed by atoms with Gasteiger partial charge in [-0.3, -0.25) is 19.5 Å². The molecule has 6 heterocycles. The molecule has 0 unspecified atom stereocenters. The molecule has 12 nitrogen and oxygen atoms in total. The fraction of sp³-hybridized carbons (Fsp3) is 0.439. The van der Waals surface area contributed by atoms with Gasteiger partial charge in [-0.1, -0.05) is 41.4 Å². The van der Waals surface area contributed by atoms with Crippen LogP contribution in [-0.2, 0) is 27.4 Å². The molecule has 56 heavy (non-hydrogen) atoms. The summed E-state index contributed by atoms with van der Waals surface area (Å²) in [7, 11) is 3.16. The Kier molecular flexibility index (Phi) is 12.4. The van der Waals surface area contributed by atoms with Crippen molar-refractivity contribution >= 4 is 46.5 Å². The van der Waals surface area contributed by atoms with Crippen LogP contribution >= 0.6 is 23.2 Å². The number of hydrogen-bond acceptors (Lipinski definition) is 10. The Hall–Kier alpha value is -4.40. The molecule has 2 amide bonds. The minimum atomic E-state index is -0.479. The van der Waals surface area contributed by atoms with Gasteiger partial charge in [0.2, 0.25) is 17.7 Å². The van der Waals surface area contributed by atoms with E-state index in [0.717, 1.165) is 57.4 Å². The van der Waals surface area contributed by atoms with E-state index in [0.29, 0.717) is 75.9 Å². The van der Waals surface area contributed by atoms with Crippen LogP contribution in [0.1, 0.15) is 43.7 Å². The van der Waals surface area contributed by atoms with Crippen molar-refractivity contribution in [3.05, 3.63) is 81.8 Å². The van der Waals surface area contributed by atoms with Gasteiger partial charge in [0.1, 0.15) is 6.61 Å². The maximum atomic E-state index is 15.7. The lowest BCUT2D eigenvalue weighted by atomic mass is 9.86. The number of likely N-dealkylation sites (tertiary alicyclic amines) is 3.